The van der Waals surface area contributed by atoms with Gasteiger partial charge in [-0.3, -0.25) is 9.59 Å². The van der Waals surface area contributed by atoms with Crippen molar-refractivity contribution in [1.82, 2.24) is 5.32 Å². The normalized spacial score (nSPS) is 23.8. The van der Waals surface area contributed by atoms with E-state index in [9.17, 15) is 9.59 Å². The summed E-state index contributed by atoms with van der Waals surface area (Å²) in [6.45, 7) is 2.99. The molecule has 1 saturated heterocycles. The summed E-state index contributed by atoms with van der Waals surface area (Å²) in [6, 6.07) is 5.96. The molecule has 2 atom stereocenters. The zero-order valence-electron chi connectivity index (χ0n) is 11.9. The highest BCUT2D eigenvalue weighted by Gasteiger charge is 2.25. The Kier molecular flexibility index (Phi) is 4.85. The molecule has 1 aromatic rings. The van der Waals surface area contributed by atoms with Gasteiger partial charge in [-0.1, -0.05) is 0 Å². The molecule has 2 heterocycles. The standard InChI is InChI=1S/C15H19N3O2.ClH/c1-9-6-10(4-5-16-9)15(20)17-12-2-3-13-11(7-12)8-14(19)18-13;/h2-3,7,9-10,16H,4-6,8H2,1H3,(H,17,20)(H,18,19);1H/t9-,10-;/m0./s1. The summed E-state index contributed by atoms with van der Waals surface area (Å²) in [5.41, 5.74) is 2.58. The summed E-state index contributed by atoms with van der Waals surface area (Å²) < 4.78 is 0. The molecule has 0 aromatic heterocycles. The zero-order chi connectivity index (χ0) is 14.1. The molecule has 2 aliphatic rings. The van der Waals surface area contributed by atoms with E-state index < -0.39 is 0 Å². The van der Waals surface area contributed by atoms with Crippen LogP contribution in [0.15, 0.2) is 18.2 Å². The van der Waals surface area contributed by atoms with Gasteiger partial charge >= 0.3 is 0 Å². The Morgan fingerprint density at radius 3 is 2.95 bits per heavy atom. The molecule has 0 unspecified atom stereocenters. The smallest absolute Gasteiger partial charge is 0.228 e. The van der Waals surface area contributed by atoms with Crippen molar-refractivity contribution in [3.05, 3.63) is 23.8 Å². The fraction of sp³-hybridized carbons (Fsp3) is 0.467. The third kappa shape index (κ3) is 3.54. The van der Waals surface area contributed by atoms with Crippen LogP contribution in [-0.4, -0.2) is 24.4 Å². The van der Waals surface area contributed by atoms with E-state index in [2.05, 4.69) is 22.9 Å². The molecule has 5 nitrogen and oxygen atoms in total. The SMILES string of the molecule is C[C@H]1C[C@@H](C(=O)Nc2ccc3c(c2)CC(=O)N3)CCN1.Cl. The van der Waals surface area contributed by atoms with Crippen LogP contribution in [0.5, 0.6) is 0 Å². The van der Waals surface area contributed by atoms with Crippen molar-refractivity contribution >= 4 is 35.6 Å². The molecule has 0 saturated carbocycles. The number of hydrogen-bond acceptors (Lipinski definition) is 3. The number of amides is 2. The van der Waals surface area contributed by atoms with Crippen LogP contribution in [0.3, 0.4) is 0 Å². The van der Waals surface area contributed by atoms with Crippen molar-refractivity contribution in [2.45, 2.75) is 32.2 Å². The van der Waals surface area contributed by atoms with E-state index in [0.29, 0.717) is 12.5 Å². The van der Waals surface area contributed by atoms with Crippen LogP contribution < -0.4 is 16.0 Å². The molecule has 0 bridgehead atoms. The van der Waals surface area contributed by atoms with Crippen LogP contribution in [-0.2, 0) is 16.0 Å². The molecule has 21 heavy (non-hydrogen) atoms. The number of piperidine rings is 1. The van der Waals surface area contributed by atoms with Crippen LogP contribution in [0.4, 0.5) is 11.4 Å². The first-order valence-corrected chi connectivity index (χ1v) is 7.09. The summed E-state index contributed by atoms with van der Waals surface area (Å²) in [5.74, 6) is 0.158. The number of nitrogens with one attached hydrogen (secondary N) is 3. The highest BCUT2D eigenvalue weighted by molar-refractivity contribution is 6.00. The number of carbonyl (C=O) groups excluding carboxylic acids is 2. The van der Waals surface area contributed by atoms with Crippen molar-refractivity contribution in [1.29, 1.82) is 0 Å². The third-order valence-corrected chi connectivity index (χ3v) is 3.99. The van der Waals surface area contributed by atoms with E-state index in [4.69, 9.17) is 0 Å². The van der Waals surface area contributed by atoms with E-state index in [-0.39, 0.29) is 30.1 Å². The van der Waals surface area contributed by atoms with E-state index in [1.807, 2.05) is 18.2 Å². The van der Waals surface area contributed by atoms with E-state index >= 15 is 0 Å². The van der Waals surface area contributed by atoms with Gasteiger partial charge in [0.05, 0.1) is 6.42 Å². The average Bonchev–Trinajstić information content (AvgIpc) is 2.78. The number of anilines is 2. The van der Waals surface area contributed by atoms with Crippen molar-refractivity contribution in [2.24, 2.45) is 5.92 Å². The number of carbonyl (C=O) groups is 2. The third-order valence-electron chi connectivity index (χ3n) is 3.99. The monoisotopic (exact) mass is 309 g/mol. The Morgan fingerprint density at radius 1 is 1.38 bits per heavy atom. The minimum absolute atomic E-state index is 0. The van der Waals surface area contributed by atoms with Crippen LogP contribution in [0.25, 0.3) is 0 Å². The molecule has 114 valence electrons. The number of halogens is 1. The molecular weight excluding hydrogens is 290 g/mol. The Bertz CT molecular complexity index is 562. The minimum Gasteiger partial charge on any atom is -0.326 e. The molecule has 1 aromatic carbocycles. The topological polar surface area (TPSA) is 70.2 Å². The van der Waals surface area contributed by atoms with Crippen LogP contribution in [0.1, 0.15) is 25.3 Å². The first kappa shape index (κ1) is 15.8. The summed E-state index contributed by atoms with van der Waals surface area (Å²) in [7, 11) is 0. The summed E-state index contributed by atoms with van der Waals surface area (Å²) in [6.07, 6.45) is 2.14. The number of benzene rings is 1. The lowest BCUT2D eigenvalue weighted by Gasteiger charge is -2.27. The lowest BCUT2D eigenvalue weighted by molar-refractivity contribution is -0.121. The molecule has 2 aliphatic heterocycles. The maximum Gasteiger partial charge on any atom is 0.228 e. The molecule has 3 N–H and O–H groups in total. The fourth-order valence-electron chi connectivity index (χ4n) is 2.92. The summed E-state index contributed by atoms with van der Waals surface area (Å²) >= 11 is 0. The van der Waals surface area contributed by atoms with Crippen LogP contribution in [0, 0.1) is 5.92 Å². The molecule has 2 amide bonds. The van der Waals surface area contributed by atoms with Gasteiger partial charge in [-0.05, 0) is 50.1 Å². The molecule has 1 fully saturated rings. The Hall–Kier alpha value is -1.59. The molecular formula is C15H20ClN3O2. The van der Waals surface area contributed by atoms with Crippen molar-refractivity contribution in [2.75, 3.05) is 17.2 Å². The van der Waals surface area contributed by atoms with E-state index in [1.54, 1.807) is 0 Å². The zero-order valence-corrected chi connectivity index (χ0v) is 12.8. The number of rotatable bonds is 2. The second kappa shape index (κ2) is 6.45. The lowest BCUT2D eigenvalue weighted by atomic mass is 9.92. The molecule has 3 rings (SSSR count). The first-order valence-electron chi connectivity index (χ1n) is 7.09. The van der Waals surface area contributed by atoms with Gasteiger partial charge in [0, 0.05) is 23.3 Å². The van der Waals surface area contributed by atoms with Crippen molar-refractivity contribution < 1.29 is 9.59 Å². The van der Waals surface area contributed by atoms with Gasteiger partial charge in [0.1, 0.15) is 0 Å². The molecule has 0 aliphatic carbocycles. The highest BCUT2D eigenvalue weighted by Crippen LogP contribution is 2.27. The van der Waals surface area contributed by atoms with Crippen molar-refractivity contribution in [3.8, 4) is 0 Å². The number of hydrogen-bond donors (Lipinski definition) is 3. The second-order valence-electron chi connectivity index (χ2n) is 5.66. The average molecular weight is 310 g/mol. The minimum atomic E-state index is 0. The first-order chi connectivity index (χ1) is 9.61. The van der Waals surface area contributed by atoms with E-state index in [1.165, 1.54) is 0 Å². The summed E-state index contributed by atoms with van der Waals surface area (Å²) in [5, 5.41) is 9.10. The largest absolute Gasteiger partial charge is 0.326 e. The predicted octanol–water partition coefficient (Wildman–Crippen LogP) is 1.93. The van der Waals surface area contributed by atoms with Gasteiger partial charge in [0.15, 0.2) is 0 Å². The maximum atomic E-state index is 12.3. The second-order valence-corrected chi connectivity index (χ2v) is 5.66. The quantitative estimate of drug-likeness (QED) is 0.782. The van der Waals surface area contributed by atoms with Gasteiger partial charge < -0.3 is 16.0 Å². The Morgan fingerprint density at radius 2 is 2.19 bits per heavy atom. The predicted molar refractivity (Wildman–Crippen MR) is 84.8 cm³/mol. The van der Waals surface area contributed by atoms with Gasteiger partial charge in [-0.2, -0.15) is 0 Å². The maximum absolute atomic E-state index is 12.3. The Balaban J connectivity index is 0.00000161. The number of fused-ring (bicyclic) bond motifs is 1. The summed E-state index contributed by atoms with van der Waals surface area (Å²) in [4.78, 5) is 23.6. The highest BCUT2D eigenvalue weighted by atomic mass is 35.5. The van der Waals surface area contributed by atoms with Crippen LogP contribution in [0.2, 0.25) is 0 Å². The van der Waals surface area contributed by atoms with Gasteiger partial charge in [0.2, 0.25) is 11.8 Å². The van der Waals surface area contributed by atoms with Crippen LogP contribution >= 0.6 is 12.4 Å². The van der Waals surface area contributed by atoms with E-state index in [0.717, 1.165) is 36.3 Å². The lowest BCUT2D eigenvalue weighted by Crippen LogP contribution is -2.40. The molecule has 0 radical (unpaired) electrons. The van der Waals surface area contributed by atoms with Gasteiger partial charge in [0.25, 0.3) is 0 Å². The van der Waals surface area contributed by atoms with Gasteiger partial charge in [-0.15, -0.1) is 12.4 Å². The molecule has 6 heteroatoms. The Labute approximate surface area is 130 Å². The van der Waals surface area contributed by atoms with Gasteiger partial charge in [-0.25, -0.2) is 0 Å². The molecule has 0 spiro atoms. The van der Waals surface area contributed by atoms with Crippen molar-refractivity contribution in [3.63, 3.8) is 0 Å². The fourth-order valence-corrected chi connectivity index (χ4v) is 2.92.